The minimum atomic E-state index is -0.0452. The number of amides is 1. The first-order chi connectivity index (χ1) is 16.2. The number of benzene rings is 2. The lowest BCUT2D eigenvalue weighted by Gasteiger charge is -2.32. The number of rotatable bonds is 6. The van der Waals surface area contributed by atoms with Crippen molar-refractivity contribution < 1.29 is 9.53 Å². The summed E-state index contributed by atoms with van der Waals surface area (Å²) >= 11 is 0. The van der Waals surface area contributed by atoms with Crippen LogP contribution in [0.15, 0.2) is 73.6 Å². The highest BCUT2D eigenvalue weighted by atomic mass is 16.5. The number of carbonyl (C=O) groups is 1. The number of likely N-dealkylation sites (tertiary alicyclic amines) is 1. The molecule has 2 aromatic carbocycles. The Balaban J connectivity index is 1.40. The maximum Gasteiger partial charge on any atom is 0.246 e. The Labute approximate surface area is 191 Å². The van der Waals surface area contributed by atoms with Gasteiger partial charge in [-0.2, -0.15) is 5.10 Å². The SMILES string of the molecule is C=CC(=O)N1CCCC(Nc2ncnc3n[nH]c(-c4ccc(Oc5ccccc5)cc4)c23)C1. The van der Waals surface area contributed by atoms with Crippen molar-refractivity contribution in [1.29, 1.82) is 0 Å². The maximum absolute atomic E-state index is 12.0. The average Bonchev–Trinajstić information content (AvgIpc) is 3.30. The van der Waals surface area contributed by atoms with E-state index in [9.17, 15) is 4.79 Å². The topological polar surface area (TPSA) is 96.0 Å². The Morgan fingerprint density at radius 3 is 2.70 bits per heavy atom. The third-order valence-corrected chi connectivity index (χ3v) is 5.72. The summed E-state index contributed by atoms with van der Waals surface area (Å²) in [6.07, 6.45) is 4.74. The molecule has 0 radical (unpaired) electrons. The molecule has 2 N–H and O–H groups in total. The summed E-state index contributed by atoms with van der Waals surface area (Å²) in [5.74, 6) is 2.19. The van der Waals surface area contributed by atoms with Crippen LogP contribution in [0.4, 0.5) is 5.82 Å². The number of hydrogen-bond acceptors (Lipinski definition) is 6. The number of hydrogen-bond donors (Lipinski definition) is 2. The molecule has 1 unspecified atom stereocenters. The van der Waals surface area contributed by atoms with Crippen LogP contribution in [0.1, 0.15) is 12.8 Å². The van der Waals surface area contributed by atoms with E-state index in [-0.39, 0.29) is 11.9 Å². The van der Waals surface area contributed by atoms with Crippen LogP contribution in [0.3, 0.4) is 0 Å². The molecule has 5 rings (SSSR count). The van der Waals surface area contributed by atoms with Crippen LogP contribution in [0.5, 0.6) is 11.5 Å². The summed E-state index contributed by atoms with van der Waals surface area (Å²) in [7, 11) is 0. The minimum absolute atomic E-state index is 0.0452. The Morgan fingerprint density at radius 1 is 1.12 bits per heavy atom. The Kier molecular flexibility index (Phi) is 5.72. The smallest absolute Gasteiger partial charge is 0.246 e. The number of anilines is 1. The second-order valence-electron chi connectivity index (χ2n) is 7.93. The molecule has 0 bridgehead atoms. The zero-order valence-electron chi connectivity index (χ0n) is 18.1. The van der Waals surface area contributed by atoms with Crippen LogP contribution in [-0.2, 0) is 4.79 Å². The molecule has 1 amide bonds. The summed E-state index contributed by atoms with van der Waals surface area (Å²) in [6.45, 7) is 4.95. The van der Waals surface area contributed by atoms with Gasteiger partial charge in [-0.3, -0.25) is 9.89 Å². The number of ether oxygens (including phenoxy) is 1. The molecule has 1 aliphatic heterocycles. The lowest BCUT2D eigenvalue weighted by molar-refractivity contribution is -0.127. The molecule has 1 fully saturated rings. The van der Waals surface area contributed by atoms with E-state index < -0.39 is 0 Å². The van der Waals surface area contributed by atoms with Crippen LogP contribution in [0.2, 0.25) is 0 Å². The standard InChI is InChI=1S/C25H24N6O2/c1-2-21(32)31-14-6-7-18(15-31)28-24-22-23(29-30-25(22)27-16-26-24)17-10-12-20(13-11-17)33-19-8-4-3-5-9-19/h2-5,8-13,16,18H,1,6-7,14-15H2,(H2,26,27,28,29,30). The first kappa shape index (κ1) is 20.7. The Morgan fingerprint density at radius 2 is 1.91 bits per heavy atom. The molecule has 0 aliphatic carbocycles. The number of nitrogens with zero attached hydrogens (tertiary/aromatic N) is 4. The number of para-hydroxylation sites is 1. The number of aromatic amines is 1. The summed E-state index contributed by atoms with van der Waals surface area (Å²) < 4.78 is 5.90. The molecule has 33 heavy (non-hydrogen) atoms. The largest absolute Gasteiger partial charge is 0.457 e. The van der Waals surface area contributed by atoms with E-state index in [1.54, 1.807) is 0 Å². The number of fused-ring (bicyclic) bond motifs is 1. The molecule has 8 nitrogen and oxygen atoms in total. The zero-order valence-corrected chi connectivity index (χ0v) is 18.1. The van der Waals surface area contributed by atoms with E-state index in [0.29, 0.717) is 18.0 Å². The summed E-state index contributed by atoms with van der Waals surface area (Å²) in [6, 6.07) is 17.6. The minimum Gasteiger partial charge on any atom is -0.457 e. The Hall–Kier alpha value is -4.20. The van der Waals surface area contributed by atoms with Crippen molar-refractivity contribution in [1.82, 2.24) is 25.1 Å². The van der Waals surface area contributed by atoms with E-state index in [1.165, 1.54) is 12.4 Å². The van der Waals surface area contributed by atoms with Gasteiger partial charge in [0, 0.05) is 24.7 Å². The van der Waals surface area contributed by atoms with Gasteiger partial charge in [0.1, 0.15) is 23.6 Å². The van der Waals surface area contributed by atoms with E-state index >= 15 is 0 Å². The van der Waals surface area contributed by atoms with Crippen molar-refractivity contribution >= 4 is 22.8 Å². The van der Waals surface area contributed by atoms with Gasteiger partial charge in [0.15, 0.2) is 5.65 Å². The molecule has 8 heteroatoms. The van der Waals surface area contributed by atoms with Gasteiger partial charge in [0.25, 0.3) is 0 Å². The molecule has 3 heterocycles. The predicted molar refractivity (Wildman–Crippen MR) is 127 cm³/mol. The molecular formula is C25H24N6O2. The first-order valence-electron chi connectivity index (χ1n) is 10.9. The number of piperidine rings is 1. The van der Waals surface area contributed by atoms with Crippen molar-refractivity contribution in [3.63, 3.8) is 0 Å². The number of nitrogens with one attached hydrogen (secondary N) is 2. The van der Waals surface area contributed by atoms with Crippen molar-refractivity contribution in [3.05, 3.63) is 73.6 Å². The van der Waals surface area contributed by atoms with Crippen molar-refractivity contribution in [2.45, 2.75) is 18.9 Å². The highest BCUT2D eigenvalue weighted by Gasteiger charge is 2.24. The van der Waals surface area contributed by atoms with Gasteiger partial charge in [0.2, 0.25) is 5.91 Å². The van der Waals surface area contributed by atoms with Gasteiger partial charge in [-0.1, -0.05) is 24.8 Å². The molecule has 0 spiro atoms. The Bertz CT molecular complexity index is 1270. The van der Waals surface area contributed by atoms with Crippen LogP contribution >= 0.6 is 0 Å². The van der Waals surface area contributed by atoms with Gasteiger partial charge >= 0.3 is 0 Å². The van der Waals surface area contributed by atoms with E-state index in [1.807, 2.05) is 59.5 Å². The second kappa shape index (κ2) is 9.12. The molecular weight excluding hydrogens is 416 g/mol. The fourth-order valence-corrected chi connectivity index (χ4v) is 4.11. The van der Waals surface area contributed by atoms with E-state index in [0.717, 1.165) is 47.5 Å². The highest BCUT2D eigenvalue weighted by Crippen LogP contribution is 2.32. The molecule has 1 aliphatic rings. The maximum atomic E-state index is 12.0. The van der Waals surface area contributed by atoms with Gasteiger partial charge in [-0.15, -0.1) is 0 Å². The molecule has 2 aromatic heterocycles. The molecule has 4 aromatic rings. The number of H-pyrrole nitrogens is 1. The average molecular weight is 441 g/mol. The van der Waals surface area contributed by atoms with E-state index in [2.05, 4.69) is 32.1 Å². The summed E-state index contributed by atoms with van der Waals surface area (Å²) in [5.41, 5.74) is 2.36. The second-order valence-corrected chi connectivity index (χ2v) is 7.93. The van der Waals surface area contributed by atoms with Gasteiger partial charge < -0.3 is 15.0 Å². The number of aromatic nitrogens is 4. The molecule has 0 saturated carbocycles. The first-order valence-corrected chi connectivity index (χ1v) is 10.9. The normalized spacial score (nSPS) is 15.9. The molecule has 166 valence electrons. The lowest BCUT2D eigenvalue weighted by atomic mass is 10.0. The van der Waals surface area contributed by atoms with Crippen LogP contribution in [0.25, 0.3) is 22.3 Å². The summed E-state index contributed by atoms with van der Waals surface area (Å²) in [4.78, 5) is 22.7. The third-order valence-electron chi connectivity index (χ3n) is 5.72. The zero-order chi connectivity index (χ0) is 22.6. The van der Waals surface area contributed by atoms with Crippen LogP contribution in [0, 0.1) is 0 Å². The van der Waals surface area contributed by atoms with Crippen LogP contribution < -0.4 is 10.1 Å². The quantitative estimate of drug-likeness (QED) is 0.432. The van der Waals surface area contributed by atoms with Gasteiger partial charge in [-0.25, -0.2) is 9.97 Å². The summed E-state index contributed by atoms with van der Waals surface area (Å²) in [5, 5.41) is 11.8. The third kappa shape index (κ3) is 4.41. The van der Waals surface area contributed by atoms with Crippen LogP contribution in [-0.4, -0.2) is 50.1 Å². The van der Waals surface area contributed by atoms with Crippen molar-refractivity contribution in [3.8, 4) is 22.8 Å². The highest BCUT2D eigenvalue weighted by molar-refractivity contribution is 5.98. The van der Waals surface area contributed by atoms with Crippen molar-refractivity contribution in [2.24, 2.45) is 0 Å². The van der Waals surface area contributed by atoms with Gasteiger partial charge in [-0.05, 0) is 55.3 Å². The van der Waals surface area contributed by atoms with Crippen molar-refractivity contribution in [2.75, 3.05) is 18.4 Å². The van der Waals surface area contributed by atoms with E-state index in [4.69, 9.17) is 4.74 Å². The fraction of sp³-hybridized carbons (Fsp3) is 0.200. The fourth-order valence-electron chi connectivity index (χ4n) is 4.11. The monoisotopic (exact) mass is 440 g/mol. The molecule has 1 saturated heterocycles. The predicted octanol–water partition coefficient (Wildman–Crippen LogP) is 4.40. The molecule has 1 atom stereocenters. The number of carbonyl (C=O) groups excluding carboxylic acids is 1. The van der Waals surface area contributed by atoms with Gasteiger partial charge in [0.05, 0.1) is 11.1 Å². The lowest BCUT2D eigenvalue weighted by Crippen LogP contribution is -2.44.